The van der Waals surface area contributed by atoms with Crippen molar-refractivity contribution in [1.29, 1.82) is 0 Å². The van der Waals surface area contributed by atoms with E-state index in [1.54, 1.807) is 0 Å². The van der Waals surface area contributed by atoms with Crippen LogP contribution in [-0.4, -0.2) is 36.2 Å². The normalized spacial score (nSPS) is 19.7. The van der Waals surface area contributed by atoms with E-state index in [4.69, 9.17) is 4.74 Å². The fourth-order valence-corrected chi connectivity index (χ4v) is 1.70. The molecule has 0 radical (unpaired) electrons. The Kier molecular flexibility index (Phi) is 5.01. The van der Waals surface area contributed by atoms with Gasteiger partial charge in [-0.3, -0.25) is 4.79 Å². The van der Waals surface area contributed by atoms with E-state index in [1.165, 1.54) is 19.3 Å². The average molecular weight is 212 g/mol. The van der Waals surface area contributed by atoms with Crippen molar-refractivity contribution in [2.24, 2.45) is 0 Å². The minimum atomic E-state index is -0.246. The fraction of sp³-hybridized carbons (Fsp3) is 0.727. The van der Waals surface area contributed by atoms with Crippen molar-refractivity contribution >= 4 is 6.47 Å². The Labute approximate surface area is 91.5 Å². The molecule has 0 aliphatic carbocycles. The van der Waals surface area contributed by atoms with Crippen LogP contribution in [0.1, 0.15) is 32.6 Å². The molecule has 86 valence electrons. The maximum Gasteiger partial charge on any atom is 0.296 e. The number of carbonyl (C=O) groups excluding carboxylic acids is 1. The summed E-state index contributed by atoms with van der Waals surface area (Å²) < 4.78 is 4.99. The molecule has 1 aliphatic rings. The first-order valence-electron chi connectivity index (χ1n) is 5.54. The van der Waals surface area contributed by atoms with Gasteiger partial charge in [-0.25, -0.2) is 0 Å². The first kappa shape index (κ1) is 11.9. The van der Waals surface area contributed by atoms with Crippen LogP contribution in [0.4, 0.5) is 0 Å². The minimum absolute atomic E-state index is 0.246. The third kappa shape index (κ3) is 3.46. The number of nitrogens with zero attached hydrogens (tertiary/aromatic N) is 2. The molecule has 4 nitrogen and oxygen atoms in total. The highest BCUT2D eigenvalue weighted by molar-refractivity contribution is 5.37. The van der Waals surface area contributed by atoms with E-state index in [0.29, 0.717) is 6.47 Å². The summed E-state index contributed by atoms with van der Waals surface area (Å²) in [6.07, 6.45) is 8.54. The maximum atomic E-state index is 10.3. The Balaban J connectivity index is 2.27. The molecule has 0 N–H and O–H groups in total. The zero-order valence-corrected chi connectivity index (χ0v) is 9.56. The van der Waals surface area contributed by atoms with Crippen LogP contribution in [0, 0.1) is 0 Å². The SMILES string of the molecule is CCCCCCN1C=CN(C)C1OC=O. The maximum absolute atomic E-state index is 10.3. The molecule has 0 aromatic heterocycles. The average Bonchev–Trinajstić information content (AvgIpc) is 2.57. The molecule has 0 fully saturated rings. The molecule has 1 aliphatic heterocycles. The second kappa shape index (κ2) is 6.32. The molecule has 0 saturated heterocycles. The van der Waals surface area contributed by atoms with Crippen molar-refractivity contribution in [1.82, 2.24) is 9.80 Å². The molecule has 4 heteroatoms. The summed E-state index contributed by atoms with van der Waals surface area (Å²) >= 11 is 0. The van der Waals surface area contributed by atoms with Crippen LogP contribution >= 0.6 is 0 Å². The number of ether oxygens (including phenoxy) is 1. The third-order valence-corrected chi connectivity index (χ3v) is 2.57. The molecule has 0 spiro atoms. The summed E-state index contributed by atoms with van der Waals surface area (Å²) in [7, 11) is 1.90. The van der Waals surface area contributed by atoms with Gasteiger partial charge in [0.15, 0.2) is 0 Å². The Hall–Kier alpha value is -1.19. The largest absolute Gasteiger partial charge is 0.425 e. The predicted octanol–water partition coefficient (Wildman–Crippen LogP) is 1.74. The van der Waals surface area contributed by atoms with E-state index in [9.17, 15) is 4.79 Å². The molecule has 0 aromatic rings. The highest BCUT2D eigenvalue weighted by Gasteiger charge is 2.23. The van der Waals surface area contributed by atoms with E-state index in [1.807, 2.05) is 29.2 Å². The van der Waals surface area contributed by atoms with Gasteiger partial charge in [-0.1, -0.05) is 26.2 Å². The predicted molar refractivity (Wildman–Crippen MR) is 58.7 cm³/mol. The lowest BCUT2D eigenvalue weighted by Gasteiger charge is -2.27. The molecule has 0 saturated carbocycles. The van der Waals surface area contributed by atoms with Gasteiger partial charge in [-0.15, -0.1) is 0 Å². The van der Waals surface area contributed by atoms with Crippen molar-refractivity contribution in [2.45, 2.75) is 39.0 Å². The van der Waals surface area contributed by atoms with Crippen molar-refractivity contribution in [3.8, 4) is 0 Å². The highest BCUT2D eigenvalue weighted by Crippen LogP contribution is 2.15. The summed E-state index contributed by atoms with van der Waals surface area (Å²) in [5.74, 6) is 0. The van der Waals surface area contributed by atoms with Gasteiger partial charge < -0.3 is 14.5 Å². The van der Waals surface area contributed by atoms with E-state index >= 15 is 0 Å². The summed E-state index contributed by atoms with van der Waals surface area (Å²) in [6.45, 7) is 3.65. The zero-order chi connectivity index (χ0) is 11.1. The van der Waals surface area contributed by atoms with Crippen LogP contribution in [0.15, 0.2) is 12.4 Å². The van der Waals surface area contributed by atoms with Gasteiger partial charge in [-0.05, 0) is 6.42 Å². The molecular formula is C11H20N2O2. The first-order chi connectivity index (χ1) is 7.29. The van der Waals surface area contributed by atoms with Crippen LogP contribution in [-0.2, 0) is 9.53 Å². The minimum Gasteiger partial charge on any atom is -0.425 e. The molecule has 0 amide bonds. The number of rotatable bonds is 7. The molecule has 1 atom stereocenters. The quantitative estimate of drug-likeness (QED) is 0.475. The Morgan fingerprint density at radius 2 is 2.13 bits per heavy atom. The molecular weight excluding hydrogens is 192 g/mol. The smallest absolute Gasteiger partial charge is 0.296 e. The third-order valence-electron chi connectivity index (χ3n) is 2.57. The van der Waals surface area contributed by atoms with Crippen LogP contribution < -0.4 is 0 Å². The van der Waals surface area contributed by atoms with E-state index in [-0.39, 0.29) is 6.35 Å². The van der Waals surface area contributed by atoms with Crippen molar-refractivity contribution < 1.29 is 9.53 Å². The second-order valence-electron chi connectivity index (χ2n) is 3.82. The number of carbonyl (C=O) groups is 1. The Bertz CT molecular complexity index is 219. The van der Waals surface area contributed by atoms with Gasteiger partial charge in [0.05, 0.1) is 0 Å². The van der Waals surface area contributed by atoms with Crippen LogP contribution in [0.25, 0.3) is 0 Å². The van der Waals surface area contributed by atoms with Crippen LogP contribution in [0.5, 0.6) is 0 Å². The molecule has 15 heavy (non-hydrogen) atoms. The fourth-order valence-electron chi connectivity index (χ4n) is 1.70. The number of unbranched alkanes of at least 4 members (excludes halogenated alkanes) is 3. The Morgan fingerprint density at radius 3 is 2.80 bits per heavy atom. The molecule has 1 heterocycles. The van der Waals surface area contributed by atoms with Gasteiger partial charge in [0.2, 0.25) is 0 Å². The van der Waals surface area contributed by atoms with E-state index in [0.717, 1.165) is 13.0 Å². The first-order valence-corrected chi connectivity index (χ1v) is 5.54. The molecule has 1 rings (SSSR count). The van der Waals surface area contributed by atoms with Gasteiger partial charge in [0.25, 0.3) is 12.8 Å². The van der Waals surface area contributed by atoms with Gasteiger partial charge in [0.1, 0.15) is 0 Å². The summed E-state index contributed by atoms with van der Waals surface area (Å²) in [4.78, 5) is 14.3. The summed E-state index contributed by atoms with van der Waals surface area (Å²) in [6, 6.07) is 0. The van der Waals surface area contributed by atoms with E-state index in [2.05, 4.69) is 6.92 Å². The number of hydrogen-bond donors (Lipinski definition) is 0. The Morgan fingerprint density at radius 1 is 1.33 bits per heavy atom. The topological polar surface area (TPSA) is 32.8 Å². The molecule has 0 bridgehead atoms. The monoisotopic (exact) mass is 212 g/mol. The van der Waals surface area contributed by atoms with E-state index < -0.39 is 0 Å². The van der Waals surface area contributed by atoms with Crippen LogP contribution in [0.2, 0.25) is 0 Å². The lowest BCUT2D eigenvalue weighted by atomic mass is 10.2. The summed E-state index contributed by atoms with van der Waals surface area (Å²) in [5.41, 5.74) is 0. The summed E-state index contributed by atoms with van der Waals surface area (Å²) in [5, 5.41) is 0. The second-order valence-corrected chi connectivity index (χ2v) is 3.82. The molecule has 1 unspecified atom stereocenters. The molecule has 0 aromatic carbocycles. The van der Waals surface area contributed by atoms with Crippen molar-refractivity contribution in [2.75, 3.05) is 13.6 Å². The van der Waals surface area contributed by atoms with Gasteiger partial charge in [0, 0.05) is 26.0 Å². The highest BCUT2D eigenvalue weighted by atomic mass is 16.6. The lowest BCUT2D eigenvalue weighted by Crippen LogP contribution is -2.39. The van der Waals surface area contributed by atoms with Crippen molar-refractivity contribution in [3.05, 3.63) is 12.4 Å². The van der Waals surface area contributed by atoms with Gasteiger partial charge in [-0.2, -0.15) is 0 Å². The van der Waals surface area contributed by atoms with Gasteiger partial charge >= 0.3 is 0 Å². The zero-order valence-electron chi connectivity index (χ0n) is 9.56. The lowest BCUT2D eigenvalue weighted by molar-refractivity contribution is -0.150. The van der Waals surface area contributed by atoms with Crippen molar-refractivity contribution in [3.63, 3.8) is 0 Å². The number of hydrogen-bond acceptors (Lipinski definition) is 4. The van der Waals surface area contributed by atoms with Crippen LogP contribution in [0.3, 0.4) is 0 Å². The standard InChI is InChI=1S/C11H20N2O2/c1-3-4-5-6-7-13-9-8-12(2)11(13)15-10-14/h8-11H,3-7H2,1-2H3.